The van der Waals surface area contributed by atoms with E-state index in [9.17, 15) is 5.11 Å². The molecule has 0 spiro atoms. The van der Waals surface area contributed by atoms with E-state index in [1.54, 1.807) is 11.3 Å². The van der Waals surface area contributed by atoms with Gasteiger partial charge in [0.2, 0.25) is 0 Å². The molecule has 0 bridgehead atoms. The third-order valence-corrected chi connectivity index (χ3v) is 4.59. The molecule has 0 saturated carbocycles. The van der Waals surface area contributed by atoms with Crippen molar-refractivity contribution in [1.82, 2.24) is 0 Å². The van der Waals surface area contributed by atoms with Crippen LogP contribution in [0.25, 0.3) is 0 Å². The van der Waals surface area contributed by atoms with Gasteiger partial charge in [0.1, 0.15) is 5.60 Å². The van der Waals surface area contributed by atoms with Crippen LogP contribution in [0.1, 0.15) is 17.4 Å². The quantitative estimate of drug-likeness (QED) is 0.909. The van der Waals surface area contributed by atoms with E-state index in [-0.39, 0.29) is 0 Å². The highest BCUT2D eigenvalue weighted by Crippen LogP contribution is 2.35. The van der Waals surface area contributed by atoms with Gasteiger partial charge in [0.05, 0.1) is 4.88 Å². The first-order chi connectivity index (χ1) is 7.59. The van der Waals surface area contributed by atoms with Crippen LogP contribution in [0, 0.1) is 0 Å². The van der Waals surface area contributed by atoms with Gasteiger partial charge in [-0.1, -0.05) is 30.3 Å². The van der Waals surface area contributed by atoms with Crippen molar-refractivity contribution in [2.24, 2.45) is 0 Å². The number of hydrogen-bond donors (Lipinski definition) is 1. The van der Waals surface area contributed by atoms with Crippen molar-refractivity contribution in [2.45, 2.75) is 18.9 Å². The summed E-state index contributed by atoms with van der Waals surface area (Å²) in [6.45, 7) is 1.86. The van der Waals surface area contributed by atoms with Gasteiger partial charge in [-0.3, -0.25) is 0 Å². The number of benzene rings is 1. The monoisotopic (exact) mass is 296 g/mol. The van der Waals surface area contributed by atoms with E-state index in [2.05, 4.69) is 15.9 Å². The van der Waals surface area contributed by atoms with Crippen molar-refractivity contribution in [3.05, 3.63) is 56.7 Å². The second-order valence-electron chi connectivity index (χ2n) is 4.03. The molecule has 1 aromatic carbocycles. The average Bonchev–Trinajstić information content (AvgIpc) is 2.66. The minimum atomic E-state index is -0.811. The summed E-state index contributed by atoms with van der Waals surface area (Å²) < 4.78 is 0.985. The number of aliphatic hydroxyl groups is 1. The normalized spacial score (nSPS) is 14.7. The molecule has 1 atom stereocenters. The summed E-state index contributed by atoms with van der Waals surface area (Å²) in [5.74, 6) is 0. The van der Waals surface area contributed by atoms with Crippen LogP contribution >= 0.6 is 27.3 Å². The minimum absolute atomic E-state index is 0.632. The van der Waals surface area contributed by atoms with E-state index in [0.717, 1.165) is 14.9 Å². The predicted molar refractivity (Wildman–Crippen MR) is 71.7 cm³/mol. The summed E-state index contributed by atoms with van der Waals surface area (Å²) in [4.78, 5) is 0.983. The second kappa shape index (κ2) is 4.70. The summed E-state index contributed by atoms with van der Waals surface area (Å²) >= 11 is 5.04. The van der Waals surface area contributed by atoms with Gasteiger partial charge in [-0.15, -0.1) is 11.3 Å². The van der Waals surface area contributed by atoms with Crippen molar-refractivity contribution in [3.8, 4) is 0 Å². The maximum Gasteiger partial charge on any atom is 0.101 e. The Morgan fingerprint density at radius 3 is 2.50 bits per heavy atom. The van der Waals surface area contributed by atoms with Crippen molar-refractivity contribution in [3.63, 3.8) is 0 Å². The third-order valence-electron chi connectivity index (χ3n) is 2.50. The van der Waals surface area contributed by atoms with E-state index in [1.165, 1.54) is 0 Å². The largest absolute Gasteiger partial charge is 0.384 e. The standard InChI is InChI=1S/C13H13BrOS/c1-13(15,12-11(14)7-8-16-12)9-10-5-3-2-4-6-10/h2-8,15H,9H2,1H3. The van der Waals surface area contributed by atoms with Crippen LogP contribution in [0.2, 0.25) is 0 Å². The smallest absolute Gasteiger partial charge is 0.101 e. The molecule has 0 saturated heterocycles. The Morgan fingerprint density at radius 2 is 1.94 bits per heavy atom. The molecule has 16 heavy (non-hydrogen) atoms. The number of hydrogen-bond acceptors (Lipinski definition) is 2. The molecule has 0 aliphatic carbocycles. The van der Waals surface area contributed by atoms with Crippen LogP contribution in [0.5, 0.6) is 0 Å². The molecule has 0 fully saturated rings. The molecule has 2 aromatic rings. The molecule has 2 rings (SSSR count). The Balaban J connectivity index is 2.24. The lowest BCUT2D eigenvalue weighted by Crippen LogP contribution is -2.23. The van der Waals surface area contributed by atoms with Crippen LogP contribution in [-0.2, 0) is 12.0 Å². The van der Waals surface area contributed by atoms with Gasteiger partial charge in [-0.05, 0) is 39.9 Å². The van der Waals surface area contributed by atoms with Gasteiger partial charge in [0.25, 0.3) is 0 Å². The number of thiophene rings is 1. The average molecular weight is 297 g/mol. The second-order valence-corrected chi connectivity index (χ2v) is 5.80. The summed E-state index contributed by atoms with van der Waals surface area (Å²) in [6, 6.07) is 12.0. The van der Waals surface area contributed by atoms with Crippen molar-refractivity contribution in [2.75, 3.05) is 0 Å². The first kappa shape index (κ1) is 11.8. The molecule has 0 radical (unpaired) electrons. The van der Waals surface area contributed by atoms with Crippen LogP contribution < -0.4 is 0 Å². The highest BCUT2D eigenvalue weighted by Gasteiger charge is 2.27. The Morgan fingerprint density at radius 1 is 1.25 bits per heavy atom. The molecule has 0 amide bonds. The lowest BCUT2D eigenvalue weighted by molar-refractivity contribution is 0.0608. The fourth-order valence-corrected chi connectivity index (χ4v) is 3.61. The summed E-state index contributed by atoms with van der Waals surface area (Å²) in [5.41, 5.74) is 0.335. The molecule has 1 nitrogen and oxygen atoms in total. The van der Waals surface area contributed by atoms with E-state index in [1.807, 2.05) is 48.7 Å². The van der Waals surface area contributed by atoms with E-state index in [4.69, 9.17) is 0 Å². The van der Waals surface area contributed by atoms with E-state index >= 15 is 0 Å². The zero-order valence-corrected chi connectivity index (χ0v) is 11.4. The van der Waals surface area contributed by atoms with Gasteiger partial charge in [-0.25, -0.2) is 0 Å². The first-order valence-corrected chi connectivity index (χ1v) is 6.76. The molecule has 3 heteroatoms. The summed E-state index contributed by atoms with van der Waals surface area (Å²) in [7, 11) is 0. The first-order valence-electron chi connectivity index (χ1n) is 5.09. The van der Waals surface area contributed by atoms with Gasteiger partial charge < -0.3 is 5.11 Å². The van der Waals surface area contributed by atoms with Crippen molar-refractivity contribution < 1.29 is 5.11 Å². The topological polar surface area (TPSA) is 20.2 Å². The molecule has 0 aliphatic rings. The Hall–Kier alpha value is -0.640. The Bertz CT molecular complexity index is 462. The molecule has 1 unspecified atom stereocenters. The highest BCUT2D eigenvalue weighted by molar-refractivity contribution is 9.10. The summed E-state index contributed by atoms with van der Waals surface area (Å²) in [6.07, 6.45) is 0.632. The van der Waals surface area contributed by atoms with Gasteiger partial charge in [0.15, 0.2) is 0 Å². The zero-order chi connectivity index (χ0) is 11.6. The van der Waals surface area contributed by atoms with Crippen LogP contribution in [0.4, 0.5) is 0 Å². The molecular weight excluding hydrogens is 284 g/mol. The van der Waals surface area contributed by atoms with Crippen LogP contribution in [0.15, 0.2) is 46.3 Å². The van der Waals surface area contributed by atoms with Crippen LogP contribution in [0.3, 0.4) is 0 Å². The Kier molecular flexibility index (Phi) is 3.47. The Labute approximate surface area is 108 Å². The highest BCUT2D eigenvalue weighted by atomic mass is 79.9. The molecular formula is C13H13BrOS. The molecule has 0 aliphatic heterocycles. The van der Waals surface area contributed by atoms with Crippen LogP contribution in [-0.4, -0.2) is 5.11 Å². The van der Waals surface area contributed by atoms with E-state index < -0.39 is 5.60 Å². The molecule has 1 aromatic heterocycles. The predicted octanol–water partition coefficient (Wildman–Crippen LogP) is 3.96. The van der Waals surface area contributed by atoms with Gasteiger partial charge >= 0.3 is 0 Å². The van der Waals surface area contributed by atoms with Crippen molar-refractivity contribution in [1.29, 1.82) is 0 Å². The third kappa shape index (κ3) is 2.54. The fourth-order valence-electron chi connectivity index (χ4n) is 1.75. The van der Waals surface area contributed by atoms with Crippen molar-refractivity contribution >= 4 is 27.3 Å². The lowest BCUT2D eigenvalue weighted by Gasteiger charge is -2.22. The summed E-state index contributed by atoms with van der Waals surface area (Å²) in [5, 5.41) is 12.5. The van der Waals surface area contributed by atoms with Gasteiger partial charge in [0, 0.05) is 10.9 Å². The van der Waals surface area contributed by atoms with E-state index in [0.29, 0.717) is 6.42 Å². The maximum atomic E-state index is 10.5. The lowest BCUT2D eigenvalue weighted by atomic mass is 9.95. The molecule has 1 heterocycles. The molecule has 1 N–H and O–H groups in total. The maximum absolute atomic E-state index is 10.5. The minimum Gasteiger partial charge on any atom is -0.384 e. The fraction of sp³-hybridized carbons (Fsp3) is 0.231. The number of rotatable bonds is 3. The van der Waals surface area contributed by atoms with Gasteiger partial charge in [-0.2, -0.15) is 0 Å². The SMILES string of the molecule is CC(O)(Cc1ccccc1)c1sccc1Br. The zero-order valence-electron chi connectivity index (χ0n) is 8.98. The molecule has 84 valence electrons. The number of halogens is 1.